The molecule has 0 amide bonds. The van der Waals surface area contributed by atoms with Crippen LogP contribution in [-0.4, -0.2) is 20.1 Å². The highest BCUT2D eigenvalue weighted by Crippen LogP contribution is 2.10. The first-order valence-corrected chi connectivity index (χ1v) is 8.88. The smallest absolute Gasteiger partial charge is 0.460 e. The molecule has 25 heavy (non-hydrogen) atoms. The summed E-state index contributed by atoms with van der Waals surface area (Å²) >= 11 is 0. The molecule has 3 N–H and O–H groups in total. The quantitative estimate of drug-likeness (QED) is 0.477. The highest BCUT2D eigenvalue weighted by molar-refractivity contribution is 7.89. The maximum absolute atomic E-state index is 12.2. The van der Waals surface area contributed by atoms with E-state index in [1.165, 1.54) is 24.3 Å². The third-order valence-corrected chi connectivity index (χ3v) is 4.56. The molecule has 0 atom stereocenters. The van der Waals surface area contributed by atoms with Crippen LogP contribution >= 0.6 is 0 Å². The third kappa shape index (κ3) is 3.59. The molecule has 9 nitrogen and oxygen atoms in total. The number of primary sulfonamides is 1. The summed E-state index contributed by atoms with van der Waals surface area (Å²) in [4.78, 5) is 0.428. The van der Waals surface area contributed by atoms with E-state index in [0.29, 0.717) is 22.5 Å². The van der Waals surface area contributed by atoms with Crippen molar-refractivity contribution in [2.24, 2.45) is 5.14 Å². The lowest BCUT2D eigenvalue weighted by atomic mass is 10.1. The van der Waals surface area contributed by atoms with Crippen molar-refractivity contribution >= 4 is 27.0 Å². The number of rotatable bonds is 5. The van der Waals surface area contributed by atoms with Crippen molar-refractivity contribution in [1.82, 2.24) is 5.10 Å². The van der Waals surface area contributed by atoms with Gasteiger partial charge in [-0.1, -0.05) is 24.3 Å². The zero-order valence-electron chi connectivity index (χ0n) is 13.0. The van der Waals surface area contributed by atoms with Crippen LogP contribution in [0.4, 0.5) is 5.95 Å². The molecule has 0 aliphatic rings. The van der Waals surface area contributed by atoms with Crippen molar-refractivity contribution in [2.75, 3.05) is 11.9 Å². The molecule has 0 aliphatic heterocycles. The molecule has 0 fully saturated rings. The Morgan fingerprint density at radius 1 is 1.04 bits per heavy atom. The van der Waals surface area contributed by atoms with Crippen molar-refractivity contribution in [2.45, 2.75) is 11.3 Å². The molecule has 1 heterocycles. The lowest BCUT2D eigenvalue weighted by Gasteiger charge is -2.09. The first kappa shape index (κ1) is 16.9. The van der Waals surface area contributed by atoms with Crippen LogP contribution in [0.5, 0.6) is 0 Å². The monoisotopic (exact) mass is 361 g/mol. The van der Waals surface area contributed by atoms with Crippen molar-refractivity contribution in [1.29, 1.82) is 0 Å². The van der Waals surface area contributed by atoms with Gasteiger partial charge in [0.1, 0.15) is 0 Å². The molecule has 0 saturated carbocycles. The number of anilines is 1. The fourth-order valence-corrected chi connectivity index (χ4v) is 2.88. The lowest BCUT2D eigenvalue weighted by molar-refractivity contribution is -0.672. The number of nitrogens with two attached hydrogens (primary N) is 1. The molecular weight excluding hydrogens is 346 g/mol. The van der Waals surface area contributed by atoms with E-state index < -0.39 is 10.0 Å². The first-order valence-electron chi connectivity index (χ1n) is 7.34. The van der Waals surface area contributed by atoms with Gasteiger partial charge in [-0.3, -0.25) is 5.32 Å². The number of nitrogens with zero attached hydrogens (tertiary/aromatic N) is 3. The van der Waals surface area contributed by atoms with Crippen LogP contribution in [0.2, 0.25) is 0 Å². The predicted molar refractivity (Wildman–Crippen MR) is 89.7 cm³/mol. The van der Waals surface area contributed by atoms with E-state index >= 15 is 0 Å². The molecule has 10 heteroatoms. The van der Waals surface area contributed by atoms with E-state index in [1.54, 1.807) is 24.3 Å². The van der Waals surface area contributed by atoms with E-state index in [2.05, 4.69) is 10.4 Å². The number of fused-ring (bicyclic) bond motifs is 1. The summed E-state index contributed by atoms with van der Waals surface area (Å²) in [7, 11) is -3.72. The zero-order chi connectivity index (χ0) is 18.0. The van der Waals surface area contributed by atoms with Gasteiger partial charge in [-0.15, -0.1) is 0 Å². The average Bonchev–Trinajstić information content (AvgIpc) is 2.59. The van der Waals surface area contributed by atoms with E-state index in [9.17, 15) is 18.8 Å². The van der Waals surface area contributed by atoms with Gasteiger partial charge in [-0.05, 0) is 23.8 Å². The Bertz CT molecular complexity index is 1020. The van der Waals surface area contributed by atoms with E-state index in [4.69, 9.17) is 5.14 Å². The summed E-state index contributed by atoms with van der Waals surface area (Å²) in [5.74, 6) is -0.102. The first-order chi connectivity index (χ1) is 11.9. The minimum Gasteiger partial charge on any atom is -0.739 e. The van der Waals surface area contributed by atoms with E-state index in [-0.39, 0.29) is 21.9 Å². The fraction of sp³-hybridized carbons (Fsp3) is 0.133. The normalized spacial score (nSPS) is 11.6. The Labute approximate surface area is 143 Å². The van der Waals surface area contributed by atoms with Crippen molar-refractivity contribution in [3.8, 4) is 0 Å². The second kappa shape index (κ2) is 6.49. The maximum atomic E-state index is 12.2. The summed E-state index contributed by atoms with van der Waals surface area (Å²) in [6, 6.07) is 12.5. The molecule has 2 aromatic carbocycles. The molecule has 0 aliphatic carbocycles. The van der Waals surface area contributed by atoms with Gasteiger partial charge in [-0.2, -0.15) is 0 Å². The Morgan fingerprint density at radius 2 is 1.68 bits per heavy atom. The second-order valence-corrected chi connectivity index (χ2v) is 6.91. The molecule has 0 bridgehead atoms. The van der Waals surface area contributed by atoms with Crippen molar-refractivity contribution < 1.29 is 18.0 Å². The number of nitrogens with one attached hydrogen (secondary N) is 1. The maximum Gasteiger partial charge on any atom is 0.460 e. The SMILES string of the molecule is NS(=O)(=O)c1ccc(CCNc2n[n+]([O-])c3ccccc3[n+]2[O-])cc1. The molecule has 1 aromatic heterocycles. The van der Waals surface area contributed by atoms with E-state index in [0.717, 1.165) is 5.56 Å². The van der Waals surface area contributed by atoms with Crippen LogP contribution in [0.1, 0.15) is 5.56 Å². The summed E-state index contributed by atoms with van der Waals surface area (Å²) < 4.78 is 23.0. The minimum absolute atomic E-state index is 0.0326. The number of sulfonamides is 1. The van der Waals surface area contributed by atoms with Crippen LogP contribution in [-0.2, 0) is 16.4 Å². The van der Waals surface area contributed by atoms with Gasteiger partial charge in [-0.25, -0.2) is 18.3 Å². The Kier molecular flexibility index (Phi) is 4.38. The highest BCUT2D eigenvalue weighted by atomic mass is 32.2. The number of aromatic nitrogens is 3. The predicted octanol–water partition coefficient (Wildman–Crippen LogP) is -0.196. The molecule has 130 valence electrons. The van der Waals surface area contributed by atoms with Crippen LogP contribution in [0.25, 0.3) is 11.0 Å². The van der Waals surface area contributed by atoms with Crippen molar-refractivity contribution in [3.63, 3.8) is 0 Å². The topological polar surface area (TPSA) is 139 Å². The Morgan fingerprint density at radius 3 is 2.32 bits per heavy atom. The number of benzene rings is 2. The highest BCUT2D eigenvalue weighted by Gasteiger charge is 2.19. The van der Waals surface area contributed by atoms with Gasteiger partial charge in [0.25, 0.3) is 5.52 Å². The van der Waals surface area contributed by atoms with Gasteiger partial charge in [0, 0.05) is 17.3 Å². The molecular formula is C15H15N5O4S. The van der Waals surface area contributed by atoms with Crippen LogP contribution in [0.15, 0.2) is 53.4 Å². The molecule has 0 unspecified atom stereocenters. The Balaban J connectivity index is 1.72. The summed E-state index contributed by atoms with van der Waals surface area (Å²) in [5, 5.41) is 35.6. The fourth-order valence-electron chi connectivity index (χ4n) is 2.36. The standard InChI is InChI=1S/C15H15N5O4S/c16-25(23,24)12-7-5-11(6-8-12)9-10-17-15-18-20(22)14-4-2-1-3-13(14)19(15)21/h1-8H,9-10H2,(H,17,18)(H2,16,23,24). The summed E-state index contributed by atoms with van der Waals surface area (Å²) in [6.07, 6.45) is 0.498. The molecule has 0 radical (unpaired) electrons. The molecule has 0 saturated heterocycles. The number of hydrogen-bond acceptors (Lipinski definition) is 6. The Hall–Kier alpha value is -2.98. The minimum atomic E-state index is -3.72. The van der Waals surface area contributed by atoms with Gasteiger partial charge in [0.2, 0.25) is 15.1 Å². The average molecular weight is 361 g/mol. The third-order valence-electron chi connectivity index (χ3n) is 3.63. The number of para-hydroxylation sites is 2. The number of hydrogen-bond donors (Lipinski definition) is 2. The van der Waals surface area contributed by atoms with Gasteiger partial charge < -0.3 is 10.4 Å². The van der Waals surface area contributed by atoms with Crippen LogP contribution < -0.4 is 20.0 Å². The van der Waals surface area contributed by atoms with Crippen LogP contribution in [0.3, 0.4) is 0 Å². The van der Waals surface area contributed by atoms with Gasteiger partial charge in [0.05, 0.1) is 11.4 Å². The van der Waals surface area contributed by atoms with Gasteiger partial charge >= 0.3 is 5.95 Å². The summed E-state index contributed by atoms with van der Waals surface area (Å²) in [6.45, 7) is 0.336. The molecule has 3 rings (SSSR count). The summed E-state index contributed by atoms with van der Waals surface area (Å²) in [5.41, 5.74) is 1.24. The van der Waals surface area contributed by atoms with E-state index in [1.807, 2.05) is 0 Å². The molecule has 0 spiro atoms. The second-order valence-electron chi connectivity index (χ2n) is 5.35. The van der Waals surface area contributed by atoms with Crippen LogP contribution in [0, 0.1) is 10.4 Å². The van der Waals surface area contributed by atoms with Crippen molar-refractivity contribution in [3.05, 3.63) is 64.5 Å². The van der Waals surface area contributed by atoms with Gasteiger partial charge in [0.15, 0.2) is 5.52 Å². The largest absolute Gasteiger partial charge is 0.739 e. The lowest BCUT2D eigenvalue weighted by Crippen LogP contribution is -2.44. The molecule has 3 aromatic rings. The zero-order valence-corrected chi connectivity index (χ0v) is 13.8.